The fraction of sp³-hybridized carbons (Fsp3) is 0.562. The Bertz CT molecular complexity index is 650. The van der Waals surface area contributed by atoms with E-state index in [2.05, 4.69) is 10.0 Å². The molecule has 1 aromatic carbocycles. The van der Waals surface area contributed by atoms with Crippen molar-refractivity contribution in [2.24, 2.45) is 0 Å². The van der Waals surface area contributed by atoms with Crippen molar-refractivity contribution in [1.29, 1.82) is 0 Å². The molecule has 0 bridgehead atoms. The van der Waals surface area contributed by atoms with Crippen LogP contribution >= 0.6 is 0 Å². The molecule has 1 aromatic rings. The second-order valence-corrected chi connectivity index (χ2v) is 7.16. The van der Waals surface area contributed by atoms with Crippen molar-refractivity contribution in [2.75, 3.05) is 40.2 Å². The van der Waals surface area contributed by atoms with E-state index in [0.717, 1.165) is 6.42 Å². The highest BCUT2D eigenvalue weighted by Crippen LogP contribution is 2.38. The molecule has 8 nitrogen and oxygen atoms in total. The SMILES string of the molecule is CCCCS(=O)(=O)NCCNC(=O)c1cc(OC)c(OC)c(OC)c1. The van der Waals surface area contributed by atoms with Gasteiger partial charge in [-0.15, -0.1) is 0 Å². The van der Waals surface area contributed by atoms with Crippen LogP contribution < -0.4 is 24.2 Å². The van der Waals surface area contributed by atoms with E-state index in [1.54, 1.807) is 0 Å². The molecule has 25 heavy (non-hydrogen) atoms. The van der Waals surface area contributed by atoms with Gasteiger partial charge in [0.15, 0.2) is 11.5 Å². The minimum atomic E-state index is -3.29. The molecule has 0 aliphatic carbocycles. The second-order valence-electron chi connectivity index (χ2n) is 5.24. The zero-order valence-corrected chi connectivity index (χ0v) is 15.9. The fourth-order valence-corrected chi connectivity index (χ4v) is 3.33. The molecule has 1 amide bonds. The van der Waals surface area contributed by atoms with Crippen LogP contribution in [0.3, 0.4) is 0 Å². The molecule has 142 valence electrons. The van der Waals surface area contributed by atoms with E-state index < -0.39 is 10.0 Å². The number of rotatable bonds is 11. The number of methoxy groups -OCH3 is 3. The predicted octanol–water partition coefficient (Wildman–Crippen LogP) is 1.16. The van der Waals surface area contributed by atoms with Crippen molar-refractivity contribution in [3.8, 4) is 17.2 Å². The van der Waals surface area contributed by atoms with Gasteiger partial charge in [-0.1, -0.05) is 13.3 Å². The smallest absolute Gasteiger partial charge is 0.251 e. The first-order chi connectivity index (χ1) is 11.9. The van der Waals surface area contributed by atoms with Crippen LogP contribution in [0.5, 0.6) is 17.2 Å². The molecule has 0 aliphatic rings. The third-order valence-corrected chi connectivity index (χ3v) is 4.90. The van der Waals surface area contributed by atoms with Gasteiger partial charge in [-0.25, -0.2) is 13.1 Å². The van der Waals surface area contributed by atoms with Gasteiger partial charge in [0.1, 0.15) is 0 Å². The van der Waals surface area contributed by atoms with Crippen LogP contribution in [0.4, 0.5) is 0 Å². The first-order valence-corrected chi connectivity index (χ1v) is 9.59. The Kier molecular flexibility index (Phi) is 8.50. The molecule has 0 heterocycles. The van der Waals surface area contributed by atoms with Crippen molar-refractivity contribution < 1.29 is 27.4 Å². The second kappa shape index (κ2) is 10.1. The number of sulfonamides is 1. The van der Waals surface area contributed by atoms with Crippen LogP contribution in [0.15, 0.2) is 12.1 Å². The van der Waals surface area contributed by atoms with Crippen molar-refractivity contribution in [1.82, 2.24) is 10.0 Å². The summed E-state index contributed by atoms with van der Waals surface area (Å²) >= 11 is 0. The number of ether oxygens (including phenoxy) is 3. The maximum atomic E-state index is 12.2. The molecule has 0 aromatic heterocycles. The Morgan fingerprint density at radius 3 is 2.12 bits per heavy atom. The van der Waals surface area contributed by atoms with Gasteiger partial charge in [0, 0.05) is 18.7 Å². The molecular weight excluding hydrogens is 348 g/mol. The topological polar surface area (TPSA) is 103 Å². The number of benzene rings is 1. The lowest BCUT2D eigenvalue weighted by Crippen LogP contribution is -2.35. The average molecular weight is 374 g/mol. The Labute approximate surface area is 148 Å². The molecule has 0 fully saturated rings. The van der Waals surface area contributed by atoms with Gasteiger partial charge in [-0.2, -0.15) is 0 Å². The summed E-state index contributed by atoms with van der Waals surface area (Å²) in [5.41, 5.74) is 0.323. The van der Waals surface area contributed by atoms with Gasteiger partial charge in [-0.3, -0.25) is 4.79 Å². The van der Waals surface area contributed by atoms with Crippen molar-refractivity contribution in [3.05, 3.63) is 17.7 Å². The lowest BCUT2D eigenvalue weighted by atomic mass is 10.1. The lowest BCUT2D eigenvalue weighted by molar-refractivity contribution is 0.0953. The number of amides is 1. The van der Waals surface area contributed by atoms with Gasteiger partial charge < -0.3 is 19.5 Å². The third-order valence-electron chi connectivity index (χ3n) is 3.43. The summed E-state index contributed by atoms with van der Waals surface area (Å²) < 4.78 is 41.4. The lowest BCUT2D eigenvalue weighted by Gasteiger charge is -2.14. The van der Waals surface area contributed by atoms with Gasteiger partial charge in [-0.05, 0) is 18.6 Å². The summed E-state index contributed by atoms with van der Waals surface area (Å²) in [6, 6.07) is 3.06. The molecule has 0 spiro atoms. The summed E-state index contributed by atoms with van der Waals surface area (Å²) in [6.07, 6.45) is 1.41. The molecule has 0 radical (unpaired) electrons. The number of carbonyl (C=O) groups is 1. The van der Waals surface area contributed by atoms with Crippen LogP contribution in [0.25, 0.3) is 0 Å². The van der Waals surface area contributed by atoms with Crippen LogP contribution in [0.2, 0.25) is 0 Å². The summed E-state index contributed by atoms with van der Waals surface area (Å²) in [4.78, 5) is 12.2. The number of carbonyl (C=O) groups excluding carboxylic acids is 1. The maximum absolute atomic E-state index is 12.2. The van der Waals surface area contributed by atoms with Crippen LogP contribution in [-0.4, -0.2) is 54.5 Å². The number of hydrogen-bond acceptors (Lipinski definition) is 6. The minimum absolute atomic E-state index is 0.0876. The molecule has 0 unspecified atom stereocenters. The zero-order chi connectivity index (χ0) is 18.9. The van der Waals surface area contributed by atoms with Gasteiger partial charge in [0.05, 0.1) is 27.1 Å². The van der Waals surface area contributed by atoms with E-state index in [-0.39, 0.29) is 24.7 Å². The highest BCUT2D eigenvalue weighted by Gasteiger charge is 2.17. The first kappa shape index (κ1) is 21.0. The summed E-state index contributed by atoms with van der Waals surface area (Å²) in [5, 5.41) is 2.65. The highest BCUT2D eigenvalue weighted by molar-refractivity contribution is 7.89. The van der Waals surface area contributed by atoms with Gasteiger partial charge >= 0.3 is 0 Å². The zero-order valence-electron chi connectivity index (χ0n) is 15.0. The summed E-state index contributed by atoms with van der Waals surface area (Å²) in [7, 11) is 1.11. The first-order valence-electron chi connectivity index (χ1n) is 7.94. The molecule has 0 saturated heterocycles. The fourth-order valence-electron chi connectivity index (χ4n) is 2.10. The molecule has 9 heteroatoms. The van der Waals surface area contributed by atoms with E-state index in [0.29, 0.717) is 29.2 Å². The maximum Gasteiger partial charge on any atom is 0.251 e. The van der Waals surface area contributed by atoms with E-state index in [1.807, 2.05) is 6.92 Å². The van der Waals surface area contributed by atoms with E-state index >= 15 is 0 Å². The Hall–Kier alpha value is -2.00. The van der Waals surface area contributed by atoms with Crippen LogP contribution in [0, 0.1) is 0 Å². The minimum Gasteiger partial charge on any atom is -0.493 e. The predicted molar refractivity (Wildman–Crippen MR) is 95.1 cm³/mol. The third kappa shape index (κ3) is 6.43. The molecule has 0 atom stereocenters. The van der Waals surface area contributed by atoms with E-state index in [1.165, 1.54) is 33.5 Å². The van der Waals surface area contributed by atoms with Crippen molar-refractivity contribution in [2.45, 2.75) is 19.8 Å². The normalized spacial score (nSPS) is 11.0. The Balaban J connectivity index is 2.66. The quantitative estimate of drug-likeness (QED) is 0.564. The van der Waals surface area contributed by atoms with Crippen molar-refractivity contribution in [3.63, 3.8) is 0 Å². The monoisotopic (exact) mass is 374 g/mol. The number of unbranched alkanes of at least 4 members (excludes halogenated alkanes) is 1. The molecule has 2 N–H and O–H groups in total. The van der Waals surface area contributed by atoms with Crippen LogP contribution in [0.1, 0.15) is 30.1 Å². The average Bonchev–Trinajstić information content (AvgIpc) is 2.61. The largest absolute Gasteiger partial charge is 0.493 e. The van der Waals surface area contributed by atoms with Gasteiger partial charge in [0.2, 0.25) is 15.8 Å². The highest BCUT2D eigenvalue weighted by atomic mass is 32.2. The molecule has 0 saturated carbocycles. The standard InChI is InChI=1S/C16H26N2O6S/c1-5-6-9-25(20,21)18-8-7-17-16(19)12-10-13(22-2)15(24-4)14(11-12)23-3/h10-11,18H,5-9H2,1-4H3,(H,17,19). The van der Waals surface area contributed by atoms with Gasteiger partial charge in [0.25, 0.3) is 5.91 Å². The molecular formula is C16H26N2O6S. The Morgan fingerprint density at radius 1 is 1.04 bits per heavy atom. The molecule has 1 rings (SSSR count). The Morgan fingerprint density at radius 2 is 1.64 bits per heavy atom. The van der Waals surface area contributed by atoms with E-state index in [9.17, 15) is 13.2 Å². The number of nitrogens with one attached hydrogen (secondary N) is 2. The summed E-state index contributed by atoms with van der Waals surface area (Å²) in [6.45, 7) is 2.22. The number of hydrogen-bond donors (Lipinski definition) is 2. The summed E-state index contributed by atoms with van der Waals surface area (Å²) in [5.74, 6) is 0.849. The van der Waals surface area contributed by atoms with E-state index in [4.69, 9.17) is 14.2 Å². The molecule has 0 aliphatic heterocycles. The van der Waals surface area contributed by atoms with Crippen molar-refractivity contribution >= 4 is 15.9 Å². The van der Waals surface area contributed by atoms with Crippen LogP contribution in [-0.2, 0) is 10.0 Å².